The zero-order valence-corrected chi connectivity index (χ0v) is 22.9. The number of benzene rings is 3. The van der Waals surface area contributed by atoms with E-state index in [2.05, 4.69) is 44.9 Å². The van der Waals surface area contributed by atoms with Gasteiger partial charge in [-0.05, 0) is 62.2 Å². The summed E-state index contributed by atoms with van der Waals surface area (Å²) in [4.78, 5) is 39.7. The number of hydrazine groups is 1. The Balaban J connectivity index is 1.41. The summed E-state index contributed by atoms with van der Waals surface area (Å²) >= 11 is 0. The van der Waals surface area contributed by atoms with Crippen LogP contribution in [0.15, 0.2) is 88.5 Å². The molecule has 4 aromatic rings. The molecule has 0 aromatic heterocycles. The second-order valence-electron chi connectivity index (χ2n) is 10.2. The molecule has 206 valence electrons. The van der Waals surface area contributed by atoms with E-state index >= 15 is 0 Å². The first-order chi connectivity index (χ1) is 19.2. The number of hydrogen-bond donors (Lipinski definition) is 2. The van der Waals surface area contributed by atoms with Gasteiger partial charge < -0.3 is 19.7 Å². The van der Waals surface area contributed by atoms with Crippen molar-refractivity contribution in [3.05, 3.63) is 110 Å². The molecule has 0 amide bonds. The first-order valence-corrected chi connectivity index (χ1v) is 13.1. The van der Waals surface area contributed by atoms with Crippen LogP contribution in [0.4, 0.5) is 22.7 Å². The lowest BCUT2D eigenvalue weighted by molar-refractivity contribution is -0.145. The van der Waals surface area contributed by atoms with Gasteiger partial charge in [0.1, 0.15) is 12.4 Å². The predicted molar refractivity (Wildman–Crippen MR) is 157 cm³/mol. The highest BCUT2D eigenvalue weighted by atomic mass is 16.5. The Hall–Kier alpha value is -4.79. The normalized spacial score (nSPS) is 14.4. The monoisotopic (exact) mass is 540 g/mol. The highest BCUT2D eigenvalue weighted by molar-refractivity contribution is 5.87. The molecule has 2 N–H and O–H groups in total. The number of carbonyl (C=O) groups is 1. The van der Waals surface area contributed by atoms with Gasteiger partial charge in [-0.3, -0.25) is 20.0 Å². The van der Waals surface area contributed by atoms with Gasteiger partial charge in [0.05, 0.1) is 24.6 Å². The van der Waals surface area contributed by atoms with Crippen LogP contribution in [0.5, 0.6) is 5.75 Å². The lowest BCUT2D eigenvalue weighted by Gasteiger charge is -2.40. The summed E-state index contributed by atoms with van der Waals surface area (Å²) in [5.41, 5.74) is 5.34. The fourth-order valence-corrected chi connectivity index (χ4v) is 4.88. The van der Waals surface area contributed by atoms with E-state index in [4.69, 9.17) is 9.47 Å². The van der Waals surface area contributed by atoms with Gasteiger partial charge in [-0.1, -0.05) is 48.5 Å². The van der Waals surface area contributed by atoms with Crippen LogP contribution in [0, 0.1) is 0 Å². The number of anilines is 4. The van der Waals surface area contributed by atoms with Gasteiger partial charge in [-0.25, -0.2) is 4.79 Å². The van der Waals surface area contributed by atoms with Crippen molar-refractivity contribution >= 4 is 28.7 Å². The molecule has 0 aliphatic carbocycles. The number of methoxy groups -OCH3 is 1. The Bertz CT molecular complexity index is 1580. The molecule has 1 aliphatic heterocycles. The average Bonchev–Trinajstić information content (AvgIpc) is 2.98. The molecule has 1 heterocycles. The molecule has 0 radical (unpaired) electrons. The third-order valence-electron chi connectivity index (χ3n) is 6.99. The molecule has 1 aliphatic rings. The summed E-state index contributed by atoms with van der Waals surface area (Å²) in [6.45, 7) is 6.53. The highest BCUT2D eigenvalue weighted by Gasteiger charge is 2.40. The molecule has 9 heteroatoms. The van der Waals surface area contributed by atoms with Crippen LogP contribution in [0.2, 0.25) is 0 Å². The Kier molecular flexibility index (Phi) is 7.21. The van der Waals surface area contributed by atoms with Crippen LogP contribution in [0.25, 0.3) is 0 Å². The first kappa shape index (κ1) is 26.8. The van der Waals surface area contributed by atoms with Gasteiger partial charge in [-0.15, -0.1) is 0 Å². The lowest BCUT2D eigenvalue weighted by atomic mass is 9.91. The number of ether oxygens (including phenoxy) is 2. The van der Waals surface area contributed by atoms with Gasteiger partial charge in [-0.2, -0.15) is 0 Å². The maximum atomic E-state index is 13.0. The zero-order valence-electron chi connectivity index (χ0n) is 22.9. The van der Waals surface area contributed by atoms with Crippen molar-refractivity contribution < 1.29 is 14.3 Å². The van der Waals surface area contributed by atoms with Gasteiger partial charge >= 0.3 is 5.97 Å². The zero-order chi connectivity index (χ0) is 28.4. The van der Waals surface area contributed by atoms with Crippen molar-refractivity contribution in [2.75, 3.05) is 34.4 Å². The van der Waals surface area contributed by atoms with Crippen molar-refractivity contribution in [2.24, 2.45) is 0 Å². The molecule has 40 heavy (non-hydrogen) atoms. The Labute approximate surface area is 232 Å². The fourth-order valence-electron chi connectivity index (χ4n) is 4.88. The van der Waals surface area contributed by atoms with Gasteiger partial charge in [0.15, 0.2) is 11.3 Å². The summed E-state index contributed by atoms with van der Waals surface area (Å²) in [6, 6.07) is 25.8. The van der Waals surface area contributed by atoms with Crippen LogP contribution >= 0.6 is 0 Å². The summed E-state index contributed by atoms with van der Waals surface area (Å²) in [6.07, 6.45) is -0.309. The molecule has 9 nitrogen and oxygen atoms in total. The minimum atomic E-state index is -1.44. The molecule has 4 aromatic carbocycles. The third kappa shape index (κ3) is 4.98. The Morgan fingerprint density at radius 2 is 1.60 bits per heavy atom. The van der Waals surface area contributed by atoms with Gasteiger partial charge in [0, 0.05) is 12.2 Å². The van der Waals surface area contributed by atoms with Crippen molar-refractivity contribution in [3.63, 3.8) is 0 Å². The van der Waals surface area contributed by atoms with E-state index in [1.165, 1.54) is 12.7 Å². The largest absolute Gasteiger partial charge is 0.485 e. The lowest BCUT2D eigenvalue weighted by Crippen LogP contribution is -2.47. The fraction of sp³-hybridized carbons (Fsp3) is 0.258. The minimum absolute atomic E-state index is 0.0280. The van der Waals surface area contributed by atoms with E-state index in [0.717, 1.165) is 23.6 Å². The summed E-state index contributed by atoms with van der Waals surface area (Å²) in [7, 11) is 1.28. The Morgan fingerprint density at radius 3 is 2.27 bits per heavy atom. The molecule has 0 spiro atoms. The highest BCUT2D eigenvalue weighted by Crippen LogP contribution is 2.33. The summed E-state index contributed by atoms with van der Waals surface area (Å²) in [5.74, 6) is -0.680. The predicted octanol–water partition coefficient (Wildman–Crippen LogP) is 4.38. The van der Waals surface area contributed by atoms with Crippen LogP contribution in [-0.2, 0) is 21.6 Å². The number of nitrogens with one attached hydrogen (secondary N) is 2. The maximum Gasteiger partial charge on any atom is 0.335 e. The van der Waals surface area contributed by atoms with Crippen molar-refractivity contribution in [3.8, 4) is 5.75 Å². The van der Waals surface area contributed by atoms with Crippen LogP contribution in [0.3, 0.4) is 0 Å². The van der Waals surface area contributed by atoms with E-state index in [-0.39, 0.29) is 17.5 Å². The second kappa shape index (κ2) is 10.8. The number of esters is 1. The number of fused-ring (bicyclic) bond motifs is 1. The van der Waals surface area contributed by atoms with E-state index in [1.54, 1.807) is 32.9 Å². The molecule has 1 atom stereocenters. The average molecular weight is 541 g/mol. The second-order valence-corrected chi connectivity index (χ2v) is 10.2. The van der Waals surface area contributed by atoms with E-state index in [0.29, 0.717) is 12.2 Å². The molecule has 5 rings (SSSR count). The topological polar surface area (TPSA) is 100 Å². The Morgan fingerprint density at radius 1 is 0.925 bits per heavy atom. The number of carbonyl (C=O) groups excluding carboxylic acids is 1. The van der Waals surface area contributed by atoms with Gasteiger partial charge in [0.25, 0.3) is 10.9 Å². The molecule has 0 saturated heterocycles. The van der Waals surface area contributed by atoms with Crippen molar-refractivity contribution in [2.45, 2.75) is 39.0 Å². The molecular weight excluding hydrogens is 508 g/mol. The number of nitrogens with zero attached hydrogens (tertiary/aromatic N) is 2. The number of rotatable bonds is 9. The quantitative estimate of drug-likeness (QED) is 0.237. The number of para-hydroxylation sites is 2. The first-order valence-electron chi connectivity index (χ1n) is 13.1. The molecule has 0 fully saturated rings. The molecule has 0 bridgehead atoms. The van der Waals surface area contributed by atoms with Gasteiger partial charge in [0.2, 0.25) is 0 Å². The summed E-state index contributed by atoms with van der Waals surface area (Å²) < 4.78 is 10.6. The molecular formula is C31H32N4O5. The SMILES string of the molecule is COC(=O)[C@@](C)(Nc1c(OC(C)C)c(=O)c1=O)c1ccc(NN2CN(c3ccccc3)Cc3ccccc32)cc1. The standard InChI is InChI=1S/C31H32N4O5/c1-20(2)40-29-26(27(36)28(29)37)32-31(3,30(38)39-4)22-14-16-23(17-15-22)33-35-19-34(24-11-6-5-7-12-24)18-21-10-8-9-13-25(21)35/h5-17,20,32-33H,18-19H2,1-4H3/t31-/m0/s1. The smallest absolute Gasteiger partial charge is 0.335 e. The molecule has 0 unspecified atom stereocenters. The summed E-state index contributed by atoms with van der Waals surface area (Å²) in [5, 5.41) is 5.02. The number of hydrogen-bond acceptors (Lipinski definition) is 9. The van der Waals surface area contributed by atoms with E-state index in [1.807, 2.05) is 42.5 Å². The maximum absolute atomic E-state index is 13.0. The van der Waals surface area contributed by atoms with Crippen LogP contribution in [-0.4, -0.2) is 25.9 Å². The third-order valence-corrected chi connectivity index (χ3v) is 6.99. The molecule has 0 saturated carbocycles. The van der Waals surface area contributed by atoms with Crippen LogP contribution in [0.1, 0.15) is 31.9 Å². The minimum Gasteiger partial charge on any atom is -0.485 e. The van der Waals surface area contributed by atoms with E-state index < -0.39 is 22.4 Å². The van der Waals surface area contributed by atoms with Crippen molar-refractivity contribution in [1.82, 2.24) is 0 Å². The van der Waals surface area contributed by atoms with Crippen LogP contribution < -0.4 is 36.2 Å². The van der Waals surface area contributed by atoms with Crippen molar-refractivity contribution in [1.29, 1.82) is 0 Å². The van der Waals surface area contributed by atoms with E-state index in [9.17, 15) is 14.4 Å².